The van der Waals surface area contributed by atoms with Crippen molar-refractivity contribution in [3.8, 4) is 11.3 Å². The molecule has 1 aromatic carbocycles. The van der Waals surface area contributed by atoms with Crippen LogP contribution in [0.5, 0.6) is 0 Å². The third-order valence-corrected chi connectivity index (χ3v) is 2.99. The molecule has 0 saturated heterocycles. The van der Waals surface area contributed by atoms with Crippen LogP contribution in [-0.2, 0) is 0 Å². The van der Waals surface area contributed by atoms with Gasteiger partial charge in [0.1, 0.15) is 5.69 Å². The highest BCUT2D eigenvalue weighted by molar-refractivity contribution is 5.74. The van der Waals surface area contributed by atoms with Crippen molar-refractivity contribution in [1.82, 2.24) is 9.38 Å². The summed E-state index contributed by atoms with van der Waals surface area (Å²) in [7, 11) is 0. The summed E-state index contributed by atoms with van der Waals surface area (Å²) in [5, 5.41) is 2.98. The molecule has 2 heterocycles. The minimum atomic E-state index is -0.481. The number of nitroso groups, excluding NO2 is 1. The second kappa shape index (κ2) is 4.28. The lowest BCUT2D eigenvalue weighted by atomic mass is 10.1. The molecule has 0 atom stereocenters. The van der Waals surface area contributed by atoms with Crippen LogP contribution in [0.25, 0.3) is 16.9 Å². The van der Waals surface area contributed by atoms with Crippen LogP contribution in [0.1, 0.15) is 5.56 Å². The summed E-state index contributed by atoms with van der Waals surface area (Å²) in [6.45, 7) is 1.96. The lowest BCUT2D eigenvalue weighted by molar-refractivity contribution is 0.630. The van der Waals surface area contributed by atoms with Gasteiger partial charge in [0.05, 0.1) is 0 Å². The van der Waals surface area contributed by atoms with E-state index in [1.165, 1.54) is 16.5 Å². The molecule has 0 bridgehead atoms. The van der Waals surface area contributed by atoms with Gasteiger partial charge in [0.25, 0.3) is 0 Å². The zero-order chi connectivity index (χ0) is 13.4. The van der Waals surface area contributed by atoms with E-state index >= 15 is 0 Å². The first-order valence-corrected chi connectivity index (χ1v) is 5.77. The first-order chi connectivity index (χ1) is 9.20. The third kappa shape index (κ3) is 1.79. The Balaban J connectivity index is 2.32. The molecule has 2 aromatic heterocycles. The number of aryl methyl sites for hydroxylation is 1. The summed E-state index contributed by atoms with van der Waals surface area (Å²) >= 11 is 0. The Bertz CT molecular complexity index is 762. The maximum atomic E-state index is 13.7. The second-order valence-electron chi connectivity index (χ2n) is 4.29. The first kappa shape index (κ1) is 11.5. The zero-order valence-electron chi connectivity index (χ0n) is 10.2. The van der Waals surface area contributed by atoms with E-state index in [4.69, 9.17) is 0 Å². The van der Waals surface area contributed by atoms with Crippen LogP contribution in [0.2, 0.25) is 0 Å². The quantitative estimate of drug-likeness (QED) is 0.653. The largest absolute Gasteiger partial charge is 0.279 e. The number of hydrogen-bond donors (Lipinski definition) is 0. The Hall–Kier alpha value is -2.56. The fourth-order valence-electron chi connectivity index (χ4n) is 2.01. The van der Waals surface area contributed by atoms with Gasteiger partial charge in [-0.05, 0) is 24.2 Å². The monoisotopic (exact) mass is 255 g/mol. The van der Waals surface area contributed by atoms with Gasteiger partial charge in [-0.3, -0.25) is 4.40 Å². The summed E-state index contributed by atoms with van der Waals surface area (Å²) in [5.74, 6) is -0.371. The minimum Gasteiger partial charge on any atom is -0.279 e. The SMILES string of the molecule is Cc1ccc(-c2nc3c(F)cccn3c2N=O)cc1. The van der Waals surface area contributed by atoms with Gasteiger partial charge in [-0.2, -0.15) is 0 Å². The average Bonchev–Trinajstić information content (AvgIpc) is 2.79. The highest BCUT2D eigenvalue weighted by Crippen LogP contribution is 2.31. The number of imidazole rings is 1. The molecule has 0 spiro atoms. The molecule has 4 nitrogen and oxygen atoms in total. The van der Waals surface area contributed by atoms with Gasteiger partial charge in [0.15, 0.2) is 11.5 Å². The second-order valence-corrected chi connectivity index (χ2v) is 4.29. The van der Waals surface area contributed by atoms with Crippen LogP contribution >= 0.6 is 0 Å². The van der Waals surface area contributed by atoms with Gasteiger partial charge >= 0.3 is 0 Å². The standard InChI is InChI=1S/C14H10FN3O/c1-9-4-6-10(7-5-9)12-14(17-19)18-8-2-3-11(15)13(18)16-12/h2-8H,1H3. The van der Waals surface area contributed by atoms with Crippen molar-refractivity contribution in [3.05, 3.63) is 58.9 Å². The number of fused-ring (bicyclic) bond motifs is 1. The maximum Gasteiger partial charge on any atom is 0.209 e. The van der Waals surface area contributed by atoms with Gasteiger partial charge in [-0.1, -0.05) is 29.8 Å². The normalized spacial score (nSPS) is 10.8. The summed E-state index contributed by atoms with van der Waals surface area (Å²) in [4.78, 5) is 15.2. The van der Waals surface area contributed by atoms with E-state index in [1.807, 2.05) is 31.2 Å². The van der Waals surface area contributed by atoms with Gasteiger partial charge in [0, 0.05) is 11.8 Å². The van der Waals surface area contributed by atoms with Crippen molar-refractivity contribution in [2.24, 2.45) is 5.18 Å². The number of rotatable bonds is 2. The third-order valence-electron chi connectivity index (χ3n) is 2.99. The first-order valence-electron chi connectivity index (χ1n) is 5.77. The molecule has 0 aliphatic carbocycles. The molecule has 0 saturated carbocycles. The summed E-state index contributed by atoms with van der Waals surface area (Å²) in [6, 6.07) is 10.3. The van der Waals surface area contributed by atoms with Crippen LogP contribution < -0.4 is 0 Å². The lowest BCUT2D eigenvalue weighted by Crippen LogP contribution is -1.86. The number of aromatic nitrogens is 2. The van der Waals surface area contributed by atoms with Crippen LogP contribution in [0.15, 0.2) is 47.8 Å². The van der Waals surface area contributed by atoms with E-state index in [-0.39, 0.29) is 11.5 Å². The van der Waals surface area contributed by atoms with Crippen molar-refractivity contribution in [2.75, 3.05) is 0 Å². The predicted molar refractivity (Wildman–Crippen MR) is 70.8 cm³/mol. The van der Waals surface area contributed by atoms with Gasteiger partial charge in [-0.25, -0.2) is 9.37 Å². The Morgan fingerprint density at radius 2 is 1.95 bits per heavy atom. The predicted octanol–water partition coefficient (Wildman–Crippen LogP) is 3.85. The Kier molecular flexibility index (Phi) is 2.59. The molecule has 0 N–H and O–H groups in total. The summed E-state index contributed by atoms with van der Waals surface area (Å²) in [5.41, 5.74) is 2.33. The van der Waals surface area contributed by atoms with Crippen molar-refractivity contribution in [3.63, 3.8) is 0 Å². The molecule has 0 aliphatic heterocycles. The molecule has 0 amide bonds. The number of nitrogens with zero attached hydrogens (tertiary/aromatic N) is 3. The van der Waals surface area contributed by atoms with E-state index < -0.39 is 5.82 Å². The van der Waals surface area contributed by atoms with Crippen molar-refractivity contribution in [2.45, 2.75) is 6.92 Å². The average molecular weight is 255 g/mol. The fraction of sp³-hybridized carbons (Fsp3) is 0.0714. The van der Waals surface area contributed by atoms with Crippen molar-refractivity contribution < 1.29 is 4.39 Å². The van der Waals surface area contributed by atoms with Crippen LogP contribution in [-0.4, -0.2) is 9.38 Å². The van der Waals surface area contributed by atoms with Crippen molar-refractivity contribution >= 4 is 11.5 Å². The fourth-order valence-corrected chi connectivity index (χ4v) is 2.01. The number of hydrogen-bond acceptors (Lipinski definition) is 3. The van der Waals surface area contributed by atoms with Gasteiger partial charge in [0.2, 0.25) is 5.82 Å². The molecular formula is C14H10FN3O. The van der Waals surface area contributed by atoms with Crippen LogP contribution in [0, 0.1) is 17.6 Å². The minimum absolute atomic E-state index is 0.104. The molecule has 0 fully saturated rings. The van der Waals surface area contributed by atoms with E-state index in [9.17, 15) is 9.30 Å². The van der Waals surface area contributed by atoms with Gasteiger partial charge < -0.3 is 0 Å². The molecule has 94 valence electrons. The van der Waals surface area contributed by atoms with Crippen LogP contribution in [0.4, 0.5) is 10.2 Å². The molecule has 3 aromatic rings. The molecule has 5 heteroatoms. The van der Waals surface area contributed by atoms with Gasteiger partial charge in [-0.15, -0.1) is 4.91 Å². The summed E-state index contributed by atoms with van der Waals surface area (Å²) < 4.78 is 15.0. The number of pyridine rings is 1. The van der Waals surface area contributed by atoms with E-state index in [1.54, 1.807) is 6.20 Å². The topological polar surface area (TPSA) is 46.7 Å². The molecule has 3 rings (SSSR count). The van der Waals surface area contributed by atoms with Crippen LogP contribution in [0.3, 0.4) is 0 Å². The molecule has 0 aliphatic rings. The number of benzene rings is 1. The zero-order valence-corrected chi connectivity index (χ0v) is 10.2. The van der Waals surface area contributed by atoms with E-state index in [2.05, 4.69) is 10.2 Å². The van der Waals surface area contributed by atoms with E-state index in [0.29, 0.717) is 5.69 Å². The van der Waals surface area contributed by atoms with Crippen molar-refractivity contribution in [1.29, 1.82) is 0 Å². The Morgan fingerprint density at radius 1 is 1.21 bits per heavy atom. The maximum absolute atomic E-state index is 13.7. The molecule has 0 radical (unpaired) electrons. The Morgan fingerprint density at radius 3 is 2.63 bits per heavy atom. The highest BCUT2D eigenvalue weighted by atomic mass is 19.1. The smallest absolute Gasteiger partial charge is 0.209 e. The summed E-state index contributed by atoms with van der Waals surface area (Å²) in [6.07, 6.45) is 1.57. The molecule has 19 heavy (non-hydrogen) atoms. The van der Waals surface area contributed by atoms with E-state index in [0.717, 1.165) is 11.1 Å². The lowest BCUT2D eigenvalue weighted by Gasteiger charge is -1.98. The molecule has 0 unspecified atom stereocenters. The highest BCUT2D eigenvalue weighted by Gasteiger charge is 2.16. The number of halogens is 1. The Labute approximate surface area is 108 Å². The molecular weight excluding hydrogens is 245 g/mol.